The molecule has 18 heavy (non-hydrogen) atoms. The van der Waals surface area contributed by atoms with Crippen molar-refractivity contribution in [2.24, 2.45) is 0 Å². The Labute approximate surface area is 113 Å². The van der Waals surface area contributed by atoms with Crippen LogP contribution in [0.2, 0.25) is 0 Å². The number of para-hydroxylation sites is 1. The van der Waals surface area contributed by atoms with Crippen LogP contribution in [0.3, 0.4) is 0 Å². The van der Waals surface area contributed by atoms with Gasteiger partial charge in [-0.05, 0) is 37.7 Å². The summed E-state index contributed by atoms with van der Waals surface area (Å²) in [5.41, 5.74) is 8.10. The second kappa shape index (κ2) is 5.65. The molecule has 2 unspecified atom stereocenters. The molecule has 0 aromatic heterocycles. The number of nitrogens with one attached hydrogen (secondary N) is 1. The molecule has 0 saturated heterocycles. The number of carbonyl (C=O) groups excluding carboxylic acids is 1. The highest BCUT2D eigenvalue weighted by Gasteiger charge is 2.28. The van der Waals surface area contributed by atoms with Gasteiger partial charge in [0, 0.05) is 17.0 Å². The van der Waals surface area contributed by atoms with Crippen LogP contribution in [0.4, 0.5) is 5.69 Å². The molecule has 0 aliphatic heterocycles. The second-order valence-corrected chi connectivity index (χ2v) is 5.90. The van der Waals surface area contributed by atoms with Crippen LogP contribution in [0, 0.1) is 6.92 Å². The molecule has 0 radical (unpaired) electrons. The Morgan fingerprint density at radius 1 is 1.44 bits per heavy atom. The first-order chi connectivity index (χ1) is 8.63. The largest absolute Gasteiger partial charge is 0.398 e. The van der Waals surface area contributed by atoms with E-state index in [-0.39, 0.29) is 11.9 Å². The van der Waals surface area contributed by atoms with Crippen molar-refractivity contribution in [1.29, 1.82) is 0 Å². The third-order valence-electron chi connectivity index (χ3n) is 3.64. The Bertz CT molecular complexity index is 447. The maximum Gasteiger partial charge on any atom is 0.253 e. The van der Waals surface area contributed by atoms with Crippen LogP contribution in [-0.4, -0.2) is 23.5 Å². The highest BCUT2D eigenvalue weighted by Crippen LogP contribution is 2.29. The summed E-state index contributed by atoms with van der Waals surface area (Å²) in [5, 5.41) is 3.67. The quantitative estimate of drug-likeness (QED) is 0.825. The molecule has 2 rings (SSSR count). The topological polar surface area (TPSA) is 55.1 Å². The molecule has 1 aliphatic rings. The smallest absolute Gasteiger partial charge is 0.253 e. The predicted molar refractivity (Wildman–Crippen MR) is 78.0 cm³/mol. The van der Waals surface area contributed by atoms with E-state index in [9.17, 15) is 4.79 Å². The number of anilines is 1. The molecule has 98 valence electrons. The van der Waals surface area contributed by atoms with Crippen LogP contribution < -0.4 is 11.1 Å². The van der Waals surface area contributed by atoms with Gasteiger partial charge < -0.3 is 11.1 Å². The maximum atomic E-state index is 12.2. The molecule has 1 aromatic carbocycles. The third kappa shape index (κ3) is 2.64. The highest BCUT2D eigenvalue weighted by molar-refractivity contribution is 7.99. The minimum atomic E-state index is -0.0397. The van der Waals surface area contributed by atoms with Crippen molar-refractivity contribution in [1.82, 2.24) is 5.32 Å². The van der Waals surface area contributed by atoms with Crippen molar-refractivity contribution in [2.45, 2.75) is 37.5 Å². The number of nitrogens with two attached hydrogens (primary N) is 1. The van der Waals surface area contributed by atoms with E-state index < -0.39 is 0 Å². The fraction of sp³-hybridized carbons (Fsp3) is 0.500. The fourth-order valence-corrected chi connectivity index (χ4v) is 3.43. The Morgan fingerprint density at radius 3 is 2.94 bits per heavy atom. The van der Waals surface area contributed by atoms with E-state index in [0.717, 1.165) is 12.0 Å². The van der Waals surface area contributed by atoms with Gasteiger partial charge in [-0.3, -0.25) is 4.79 Å². The average molecular weight is 264 g/mol. The number of carbonyl (C=O) groups is 1. The van der Waals surface area contributed by atoms with Gasteiger partial charge in [-0.25, -0.2) is 0 Å². The van der Waals surface area contributed by atoms with Gasteiger partial charge in [0.25, 0.3) is 5.91 Å². The van der Waals surface area contributed by atoms with Crippen molar-refractivity contribution in [2.75, 3.05) is 12.0 Å². The SMILES string of the molecule is CSC1CCCC1NC(=O)c1cccc(C)c1N. The molecule has 1 saturated carbocycles. The van der Waals surface area contributed by atoms with Gasteiger partial charge in [-0.1, -0.05) is 18.6 Å². The normalized spacial score (nSPS) is 23.0. The van der Waals surface area contributed by atoms with Gasteiger partial charge in [0.05, 0.1) is 5.56 Å². The molecule has 1 fully saturated rings. The van der Waals surface area contributed by atoms with E-state index in [2.05, 4.69) is 11.6 Å². The number of aryl methyl sites for hydroxylation is 1. The van der Waals surface area contributed by atoms with E-state index in [1.165, 1.54) is 12.8 Å². The van der Waals surface area contributed by atoms with Crippen LogP contribution in [0.15, 0.2) is 18.2 Å². The lowest BCUT2D eigenvalue weighted by Crippen LogP contribution is -2.38. The maximum absolute atomic E-state index is 12.2. The summed E-state index contributed by atoms with van der Waals surface area (Å²) in [7, 11) is 0. The average Bonchev–Trinajstić information content (AvgIpc) is 2.79. The Hall–Kier alpha value is -1.16. The van der Waals surface area contributed by atoms with Crippen LogP contribution in [0.5, 0.6) is 0 Å². The Kier molecular flexibility index (Phi) is 4.17. The standard InChI is InChI=1S/C14H20N2OS/c1-9-5-3-6-10(13(9)15)14(17)16-11-7-4-8-12(11)18-2/h3,5-6,11-12H,4,7-8,15H2,1-2H3,(H,16,17). The van der Waals surface area contributed by atoms with Crippen LogP contribution >= 0.6 is 11.8 Å². The van der Waals surface area contributed by atoms with Crippen molar-refractivity contribution >= 4 is 23.4 Å². The summed E-state index contributed by atoms with van der Waals surface area (Å²) in [5.74, 6) is -0.0397. The van der Waals surface area contributed by atoms with E-state index in [4.69, 9.17) is 5.73 Å². The van der Waals surface area contributed by atoms with Crippen LogP contribution in [-0.2, 0) is 0 Å². The van der Waals surface area contributed by atoms with E-state index in [1.54, 1.807) is 6.07 Å². The van der Waals surface area contributed by atoms with Crippen molar-refractivity contribution in [3.05, 3.63) is 29.3 Å². The first kappa shape index (κ1) is 13.3. The monoisotopic (exact) mass is 264 g/mol. The number of hydrogen-bond donors (Lipinski definition) is 2. The first-order valence-electron chi connectivity index (χ1n) is 6.32. The molecular weight excluding hydrogens is 244 g/mol. The number of amides is 1. The molecule has 2 atom stereocenters. The van der Waals surface area contributed by atoms with Gasteiger partial charge >= 0.3 is 0 Å². The summed E-state index contributed by atoms with van der Waals surface area (Å²) < 4.78 is 0. The summed E-state index contributed by atoms with van der Waals surface area (Å²) in [6.45, 7) is 1.92. The lowest BCUT2D eigenvalue weighted by atomic mass is 10.1. The zero-order valence-corrected chi connectivity index (χ0v) is 11.7. The van der Waals surface area contributed by atoms with Gasteiger partial charge in [-0.2, -0.15) is 11.8 Å². The predicted octanol–water partition coefficient (Wildman–Crippen LogP) is 2.59. The highest BCUT2D eigenvalue weighted by atomic mass is 32.2. The molecule has 0 heterocycles. The van der Waals surface area contributed by atoms with E-state index >= 15 is 0 Å². The Morgan fingerprint density at radius 2 is 2.22 bits per heavy atom. The van der Waals surface area contributed by atoms with Gasteiger partial charge in [0.1, 0.15) is 0 Å². The molecule has 1 amide bonds. The van der Waals surface area contributed by atoms with E-state index in [0.29, 0.717) is 16.5 Å². The van der Waals surface area contributed by atoms with Crippen LogP contribution in [0.25, 0.3) is 0 Å². The van der Waals surface area contributed by atoms with Crippen molar-refractivity contribution in [3.8, 4) is 0 Å². The molecule has 3 N–H and O–H groups in total. The molecule has 1 aliphatic carbocycles. The first-order valence-corrected chi connectivity index (χ1v) is 7.61. The molecular formula is C14H20N2OS. The number of nitrogen functional groups attached to an aromatic ring is 1. The minimum Gasteiger partial charge on any atom is -0.398 e. The molecule has 0 spiro atoms. The summed E-state index contributed by atoms with van der Waals surface area (Å²) in [4.78, 5) is 12.2. The zero-order valence-electron chi connectivity index (χ0n) is 10.9. The van der Waals surface area contributed by atoms with Gasteiger partial charge in [-0.15, -0.1) is 0 Å². The van der Waals surface area contributed by atoms with E-state index in [1.807, 2.05) is 30.8 Å². The summed E-state index contributed by atoms with van der Waals surface area (Å²) >= 11 is 1.84. The zero-order chi connectivity index (χ0) is 13.1. The second-order valence-electron chi connectivity index (χ2n) is 4.82. The third-order valence-corrected chi connectivity index (χ3v) is 4.81. The molecule has 1 aromatic rings. The fourth-order valence-electron chi connectivity index (χ4n) is 2.50. The van der Waals surface area contributed by atoms with Crippen molar-refractivity contribution in [3.63, 3.8) is 0 Å². The van der Waals surface area contributed by atoms with Gasteiger partial charge in [0.2, 0.25) is 0 Å². The lowest BCUT2D eigenvalue weighted by Gasteiger charge is -2.19. The van der Waals surface area contributed by atoms with Crippen molar-refractivity contribution < 1.29 is 4.79 Å². The lowest BCUT2D eigenvalue weighted by molar-refractivity contribution is 0.0939. The van der Waals surface area contributed by atoms with Crippen LogP contribution in [0.1, 0.15) is 35.2 Å². The number of benzene rings is 1. The van der Waals surface area contributed by atoms with Gasteiger partial charge in [0.15, 0.2) is 0 Å². The number of hydrogen-bond acceptors (Lipinski definition) is 3. The summed E-state index contributed by atoms with van der Waals surface area (Å²) in [6, 6.07) is 5.88. The molecule has 3 nitrogen and oxygen atoms in total. The molecule has 4 heteroatoms. The number of rotatable bonds is 3. The Balaban J connectivity index is 2.10. The number of thioether (sulfide) groups is 1. The summed E-state index contributed by atoms with van der Waals surface area (Å²) in [6.07, 6.45) is 5.56. The minimum absolute atomic E-state index is 0.0397. The molecule has 0 bridgehead atoms.